The van der Waals surface area contributed by atoms with Gasteiger partial charge >= 0.3 is 0 Å². The molecule has 1 amide bonds. The zero-order valence-corrected chi connectivity index (χ0v) is 49.3. The van der Waals surface area contributed by atoms with E-state index in [1.54, 1.807) is 0 Å². The smallest absolute Gasteiger partial charge is 0.220 e. The quantitative estimate of drug-likeness (QED) is 0.0420. The summed E-state index contributed by atoms with van der Waals surface area (Å²) in [6.07, 6.45) is 100. The van der Waals surface area contributed by atoms with Crippen molar-refractivity contribution in [3.8, 4) is 0 Å². The predicted molar refractivity (Wildman–Crippen MR) is 335 cm³/mol. The standard InChI is InChI=1S/C71H121NO3/c1-3-5-7-9-11-13-15-17-19-21-23-25-27-28-29-30-31-32-33-34-35-36-37-38-39-40-41-42-43-44-45-47-49-51-53-55-57-59-61-63-65-67-71(75)72-69(68-73)70(74)66-64-62-60-58-56-54-52-50-48-46-26-24-22-20-18-16-14-12-10-8-6-4-2/h5,7,11,13,17,19,23,25,28-29,31-32,34-35,37-38,40-41,43-44,47,49,69-70,73-74H,3-4,6,8-10,12,14-16,18,20-22,24,26-27,30,33,36,39,42,45-46,48,50-68H2,1-2H3,(H,72,75)/b7-5-,13-11-,19-17-,25-23-,29-28-,32-31-,35-34-,38-37-,41-40-,44-43-,49-47-. The number of unbranched alkanes of at least 4 members (excludes halogenated alkanes) is 28. The average molecular weight is 1040 g/mol. The van der Waals surface area contributed by atoms with E-state index in [1.165, 1.54) is 154 Å². The lowest BCUT2D eigenvalue weighted by atomic mass is 10.0. The van der Waals surface area contributed by atoms with Crippen LogP contribution in [0.25, 0.3) is 0 Å². The van der Waals surface area contributed by atoms with Crippen LogP contribution in [0.1, 0.15) is 290 Å². The van der Waals surface area contributed by atoms with Crippen molar-refractivity contribution in [2.75, 3.05) is 6.61 Å². The molecule has 0 radical (unpaired) electrons. The minimum absolute atomic E-state index is 0.0449. The van der Waals surface area contributed by atoms with Crippen molar-refractivity contribution in [2.24, 2.45) is 0 Å². The van der Waals surface area contributed by atoms with Crippen LogP contribution < -0.4 is 5.32 Å². The monoisotopic (exact) mass is 1040 g/mol. The maximum Gasteiger partial charge on any atom is 0.220 e. The Bertz CT molecular complexity index is 1500. The van der Waals surface area contributed by atoms with E-state index in [4.69, 9.17) is 0 Å². The van der Waals surface area contributed by atoms with Crippen LogP contribution in [-0.2, 0) is 4.79 Å². The second kappa shape index (κ2) is 64.8. The van der Waals surface area contributed by atoms with E-state index in [1.807, 2.05) is 0 Å². The summed E-state index contributed by atoms with van der Waals surface area (Å²) in [5.41, 5.74) is 0. The number of rotatable bonds is 57. The van der Waals surface area contributed by atoms with Gasteiger partial charge in [0.2, 0.25) is 5.91 Å². The van der Waals surface area contributed by atoms with Gasteiger partial charge in [-0.05, 0) is 96.3 Å². The highest BCUT2D eigenvalue weighted by atomic mass is 16.3. The van der Waals surface area contributed by atoms with Gasteiger partial charge in [-0.25, -0.2) is 0 Å². The summed E-state index contributed by atoms with van der Waals surface area (Å²) in [6, 6.07) is -0.553. The summed E-state index contributed by atoms with van der Waals surface area (Å²) in [6.45, 7) is 4.25. The highest BCUT2D eigenvalue weighted by Gasteiger charge is 2.20. The molecular formula is C71H121NO3. The van der Waals surface area contributed by atoms with Gasteiger partial charge in [0, 0.05) is 6.42 Å². The van der Waals surface area contributed by atoms with Crippen molar-refractivity contribution in [2.45, 2.75) is 302 Å². The molecule has 0 spiro atoms. The van der Waals surface area contributed by atoms with E-state index in [-0.39, 0.29) is 12.5 Å². The topological polar surface area (TPSA) is 69.6 Å². The number of aliphatic hydroxyl groups excluding tert-OH is 2. The second-order valence-corrected chi connectivity index (χ2v) is 21.1. The molecule has 4 heteroatoms. The molecule has 0 fully saturated rings. The SMILES string of the molecule is CC/C=C\C/C=C\C/C=C\C/C=C\C/C=C\C/C=C\C/C=C\C/C=C\C/C=C\C/C=C\C/C=C\CCCCCCCCCC(=O)NC(CO)C(O)CCCCCCCCCCCCCCCCCCCCCCCC. The van der Waals surface area contributed by atoms with Crippen LogP contribution in [0.5, 0.6) is 0 Å². The molecular weight excluding hydrogens is 915 g/mol. The third kappa shape index (κ3) is 61.3. The van der Waals surface area contributed by atoms with Crippen molar-refractivity contribution in [1.29, 1.82) is 0 Å². The molecule has 75 heavy (non-hydrogen) atoms. The third-order valence-corrected chi connectivity index (χ3v) is 13.9. The molecule has 4 nitrogen and oxygen atoms in total. The molecule has 0 aliphatic carbocycles. The molecule has 0 rings (SSSR count). The molecule has 0 saturated carbocycles. The number of hydrogen-bond acceptors (Lipinski definition) is 3. The molecule has 2 unspecified atom stereocenters. The first-order valence-corrected chi connectivity index (χ1v) is 31.9. The van der Waals surface area contributed by atoms with E-state index in [2.05, 4.69) is 153 Å². The van der Waals surface area contributed by atoms with Crippen LogP contribution in [0.15, 0.2) is 134 Å². The lowest BCUT2D eigenvalue weighted by molar-refractivity contribution is -0.123. The highest BCUT2D eigenvalue weighted by molar-refractivity contribution is 5.76. The van der Waals surface area contributed by atoms with Crippen LogP contribution in [-0.4, -0.2) is 34.9 Å². The van der Waals surface area contributed by atoms with Crippen LogP contribution in [0.4, 0.5) is 0 Å². The van der Waals surface area contributed by atoms with E-state index in [9.17, 15) is 15.0 Å². The third-order valence-electron chi connectivity index (χ3n) is 13.9. The molecule has 3 N–H and O–H groups in total. The van der Waals surface area contributed by atoms with Gasteiger partial charge < -0.3 is 15.5 Å². The fourth-order valence-electron chi connectivity index (χ4n) is 9.13. The molecule has 2 atom stereocenters. The normalized spacial score (nSPS) is 13.7. The lowest BCUT2D eigenvalue weighted by Crippen LogP contribution is -2.45. The van der Waals surface area contributed by atoms with Crippen molar-refractivity contribution in [3.05, 3.63) is 134 Å². The van der Waals surface area contributed by atoms with Crippen molar-refractivity contribution in [3.63, 3.8) is 0 Å². The average Bonchev–Trinajstić information content (AvgIpc) is 3.41. The number of nitrogens with one attached hydrogen (secondary N) is 1. The Morgan fingerprint density at radius 1 is 0.333 bits per heavy atom. The number of carbonyl (C=O) groups is 1. The summed E-state index contributed by atoms with van der Waals surface area (Å²) >= 11 is 0. The van der Waals surface area contributed by atoms with E-state index in [0.29, 0.717) is 12.8 Å². The van der Waals surface area contributed by atoms with Gasteiger partial charge in [0.05, 0.1) is 18.8 Å². The maximum absolute atomic E-state index is 12.5. The summed E-state index contributed by atoms with van der Waals surface area (Å²) in [7, 11) is 0. The fourth-order valence-corrected chi connectivity index (χ4v) is 9.13. The zero-order valence-electron chi connectivity index (χ0n) is 49.3. The summed E-state index contributed by atoms with van der Waals surface area (Å²) in [4.78, 5) is 12.5. The van der Waals surface area contributed by atoms with Gasteiger partial charge in [0.1, 0.15) is 0 Å². The number of allylic oxidation sites excluding steroid dienone is 22. The van der Waals surface area contributed by atoms with Gasteiger partial charge in [-0.15, -0.1) is 0 Å². The fraction of sp³-hybridized carbons (Fsp3) is 0.676. The molecule has 428 valence electrons. The molecule has 0 bridgehead atoms. The molecule has 0 saturated heterocycles. The number of carbonyl (C=O) groups excluding carboxylic acids is 1. The Labute approximate surface area is 466 Å². The largest absolute Gasteiger partial charge is 0.394 e. The Morgan fingerprint density at radius 2 is 0.587 bits per heavy atom. The summed E-state index contributed by atoms with van der Waals surface area (Å²) in [5, 5.41) is 23.4. The molecule has 0 heterocycles. The van der Waals surface area contributed by atoms with Gasteiger partial charge in [0.25, 0.3) is 0 Å². The molecule has 0 aromatic rings. The van der Waals surface area contributed by atoms with E-state index >= 15 is 0 Å². The number of amides is 1. The minimum atomic E-state index is -0.674. The Kier molecular flexibility index (Phi) is 61.8. The Hall–Kier alpha value is -3.47. The Balaban J connectivity index is 3.60. The maximum atomic E-state index is 12.5. The van der Waals surface area contributed by atoms with Gasteiger partial charge in [0.15, 0.2) is 0 Å². The lowest BCUT2D eigenvalue weighted by Gasteiger charge is -2.22. The zero-order chi connectivity index (χ0) is 54.1. The van der Waals surface area contributed by atoms with Gasteiger partial charge in [-0.1, -0.05) is 321 Å². The van der Waals surface area contributed by atoms with Crippen LogP contribution in [0.2, 0.25) is 0 Å². The molecule has 0 aliphatic rings. The predicted octanol–water partition coefficient (Wildman–Crippen LogP) is 21.8. The van der Waals surface area contributed by atoms with Crippen LogP contribution >= 0.6 is 0 Å². The molecule has 0 aromatic heterocycles. The van der Waals surface area contributed by atoms with Crippen LogP contribution in [0, 0.1) is 0 Å². The second-order valence-electron chi connectivity index (χ2n) is 21.1. The Morgan fingerprint density at radius 3 is 0.880 bits per heavy atom. The first-order valence-electron chi connectivity index (χ1n) is 31.9. The first-order chi connectivity index (χ1) is 37.2. The number of hydrogen-bond donors (Lipinski definition) is 3. The van der Waals surface area contributed by atoms with Crippen LogP contribution in [0.3, 0.4) is 0 Å². The van der Waals surface area contributed by atoms with Gasteiger partial charge in [-0.3, -0.25) is 4.79 Å². The van der Waals surface area contributed by atoms with Crippen molar-refractivity contribution in [1.82, 2.24) is 5.32 Å². The first kappa shape index (κ1) is 71.5. The van der Waals surface area contributed by atoms with Crippen molar-refractivity contribution < 1.29 is 15.0 Å². The highest BCUT2D eigenvalue weighted by Crippen LogP contribution is 2.17. The molecule has 0 aliphatic heterocycles. The van der Waals surface area contributed by atoms with Crippen molar-refractivity contribution >= 4 is 5.91 Å². The summed E-state index contributed by atoms with van der Waals surface area (Å²) in [5.74, 6) is -0.0449. The minimum Gasteiger partial charge on any atom is -0.394 e. The summed E-state index contributed by atoms with van der Waals surface area (Å²) < 4.78 is 0. The molecule has 0 aromatic carbocycles. The number of aliphatic hydroxyl groups is 2. The van der Waals surface area contributed by atoms with Gasteiger partial charge in [-0.2, -0.15) is 0 Å². The van der Waals surface area contributed by atoms with E-state index in [0.717, 1.165) is 109 Å². The van der Waals surface area contributed by atoms with E-state index < -0.39 is 12.1 Å².